The zero-order valence-corrected chi connectivity index (χ0v) is 18.6. The molecule has 2 fully saturated rings. The lowest BCUT2D eigenvalue weighted by atomic mass is 10.1. The standard InChI is InChI=1S/C24H28ClN3O3/c1-31-22-16-19(25)8-9-20(22)23(29)27-12-5-11-26(14-15-27)21-10-13-28(24(21)30)17-18-6-3-2-4-7-18/h2-4,6-9,16,21H,5,10-15,17H2,1H3/t21-/m0/s1. The van der Waals surface area contributed by atoms with Gasteiger partial charge in [-0.2, -0.15) is 0 Å². The second-order valence-corrected chi connectivity index (χ2v) is 8.51. The average Bonchev–Trinajstić information content (AvgIpc) is 2.99. The normalized spacial score (nSPS) is 20.1. The van der Waals surface area contributed by atoms with Crippen molar-refractivity contribution in [3.05, 3.63) is 64.7 Å². The largest absolute Gasteiger partial charge is 0.496 e. The number of benzene rings is 2. The van der Waals surface area contributed by atoms with Crippen molar-refractivity contribution in [3.8, 4) is 5.75 Å². The number of methoxy groups -OCH3 is 1. The first-order valence-electron chi connectivity index (χ1n) is 10.8. The fourth-order valence-corrected chi connectivity index (χ4v) is 4.65. The summed E-state index contributed by atoms with van der Waals surface area (Å²) in [6, 6.07) is 15.1. The Morgan fingerprint density at radius 3 is 2.65 bits per heavy atom. The minimum atomic E-state index is -0.0937. The van der Waals surface area contributed by atoms with E-state index in [1.54, 1.807) is 25.3 Å². The number of hydrogen-bond donors (Lipinski definition) is 0. The molecule has 7 heteroatoms. The highest BCUT2D eigenvalue weighted by molar-refractivity contribution is 6.30. The highest BCUT2D eigenvalue weighted by Gasteiger charge is 2.36. The van der Waals surface area contributed by atoms with Crippen molar-refractivity contribution in [2.45, 2.75) is 25.4 Å². The molecule has 2 aliphatic rings. The van der Waals surface area contributed by atoms with Crippen molar-refractivity contribution in [3.63, 3.8) is 0 Å². The summed E-state index contributed by atoms with van der Waals surface area (Å²) in [6.45, 7) is 4.20. The third-order valence-corrected chi connectivity index (χ3v) is 6.37. The quantitative estimate of drug-likeness (QED) is 0.714. The minimum Gasteiger partial charge on any atom is -0.496 e. The number of carbonyl (C=O) groups is 2. The molecular weight excluding hydrogens is 414 g/mol. The first-order valence-corrected chi connectivity index (χ1v) is 11.1. The molecule has 164 valence electrons. The fraction of sp³-hybridized carbons (Fsp3) is 0.417. The van der Waals surface area contributed by atoms with E-state index >= 15 is 0 Å². The summed E-state index contributed by atoms with van der Waals surface area (Å²) in [7, 11) is 1.54. The number of likely N-dealkylation sites (tertiary alicyclic amines) is 1. The summed E-state index contributed by atoms with van der Waals surface area (Å²) in [6.07, 6.45) is 1.68. The Labute approximate surface area is 188 Å². The van der Waals surface area contributed by atoms with Gasteiger partial charge in [0.2, 0.25) is 5.91 Å². The van der Waals surface area contributed by atoms with Gasteiger partial charge in [0.05, 0.1) is 18.7 Å². The Hall–Kier alpha value is -2.57. The molecule has 2 saturated heterocycles. The Bertz CT molecular complexity index is 937. The van der Waals surface area contributed by atoms with Crippen LogP contribution in [0.1, 0.15) is 28.8 Å². The molecule has 2 heterocycles. The van der Waals surface area contributed by atoms with E-state index in [0.717, 1.165) is 31.5 Å². The number of nitrogens with zero attached hydrogens (tertiary/aromatic N) is 3. The lowest BCUT2D eigenvalue weighted by molar-refractivity contribution is -0.132. The zero-order valence-electron chi connectivity index (χ0n) is 17.8. The van der Waals surface area contributed by atoms with E-state index in [4.69, 9.17) is 16.3 Å². The van der Waals surface area contributed by atoms with Crippen molar-refractivity contribution in [1.82, 2.24) is 14.7 Å². The fourth-order valence-electron chi connectivity index (χ4n) is 4.49. The Morgan fingerprint density at radius 1 is 1.06 bits per heavy atom. The molecule has 6 nitrogen and oxygen atoms in total. The van der Waals surface area contributed by atoms with Crippen LogP contribution in [0.2, 0.25) is 5.02 Å². The minimum absolute atomic E-state index is 0.0566. The summed E-state index contributed by atoms with van der Waals surface area (Å²) in [5, 5.41) is 0.537. The van der Waals surface area contributed by atoms with Gasteiger partial charge in [-0.3, -0.25) is 14.5 Å². The summed E-state index contributed by atoms with van der Waals surface area (Å²) in [5.74, 6) is 0.628. The first-order chi connectivity index (χ1) is 15.1. The van der Waals surface area contributed by atoms with Gasteiger partial charge in [-0.25, -0.2) is 0 Å². The SMILES string of the molecule is COc1cc(Cl)ccc1C(=O)N1CCCN([C@H]2CCN(Cc3ccccc3)C2=O)CC1. The predicted molar refractivity (Wildman–Crippen MR) is 120 cm³/mol. The molecule has 0 aliphatic carbocycles. The molecule has 31 heavy (non-hydrogen) atoms. The highest BCUT2D eigenvalue weighted by Crippen LogP contribution is 2.26. The molecule has 2 aromatic carbocycles. The van der Waals surface area contributed by atoms with Crippen LogP contribution in [0.5, 0.6) is 5.75 Å². The molecule has 0 unspecified atom stereocenters. The monoisotopic (exact) mass is 441 g/mol. The number of carbonyl (C=O) groups excluding carboxylic acids is 2. The van der Waals surface area contributed by atoms with Crippen LogP contribution in [0.15, 0.2) is 48.5 Å². The summed E-state index contributed by atoms with van der Waals surface area (Å²) in [4.78, 5) is 32.2. The molecule has 1 atom stereocenters. The summed E-state index contributed by atoms with van der Waals surface area (Å²) >= 11 is 6.03. The molecule has 0 aromatic heterocycles. The van der Waals surface area contributed by atoms with Crippen LogP contribution in [-0.4, -0.2) is 72.4 Å². The molecule has 2 aliphatic heterocycles. The number of halogens is 1. The Balaban J connectivity index is 1.38. The lowest BCUT2D eigenvalue weighted by Crippen LogP contribution is -2.44. The third-order valence-electron chi connectivity index (χ3n) is 6.14. The maximum Gasteiger partial charge on any atom is 0.257 e. The van der Waals surface area contributed by atoms with Gasteiger partial charge in [-0.05, 0) is 36.6 Å². The maximum atomic E-state index is 13.1. The van der Waals surface area contributed by atoms with Crippen LogP contribution in [0.3, 0.4) is 0 Å². The van der Waals surface area contributed by atoms with Crippen molar-refractivity contribution < 1.29 is 14.3 Å². The van der Waals surface area contributed by atoms with Crippen LogP contribution in [0, 0.1) is 0 Å². The smallest absolute Gasteiger partial charge is 0.257 e. The molecule has 2 aromatic rings. The zero-order chi connectivity index (χ0) is 21.8. The van der Waals surface area contributed by atoms with Gasteiger partial charge in [0.15, 0.2) is 0 Å². The van der Waals surface area contributed by atoms with E-state index < -0.39 is 0 Å². The van der Waals surface area contributed by atoms with Gasteiger partial charge in [-0.1, -0.05) is 41.9 Å². The second kappa shape index (κ2) is 9.71. The van der Waals surface area contributed by atoms with Crippen LogP contribution in [-0.2, 0) is 11.3 Å². The summed E-state index contributed by atoms with van der Waals surface area (Å²) in [5.41, 5.74) is 1.67. The number of hydrogen-bond acceptors (Lipinski definition) is 4. The first kappa shape index (κ1) is 21.7. The number of rotatable bonds is 5. The number of amides is 2. The molecule has 0 saturated carbocycles. The van der Waals surface area contributed by atoms with Crippen LogP contribution >= 0.6 is 11.6 Å². The summed E-state index contributed by atoms with van der Waals surface area (Å²) < 4.78 is 5.35. The van der Waals surface area contributed by atoms with E-state index in [9.17, 15) is 9.59 Å². The van der Waals surface area contributed by atoms with Gasteiger partial charge in [0.25, 0.3) is 5.91 Å². The van der Waals surface area contributed by atoms with Crippen molar-refractivity contribution in [2.24, 2.45) is 0 Å². The highest BCUT2D eigenvalue weighted by atomic mass is 35.5. The molecular formula is C24H28ClN3O3. The van der Waals surface area contributed by atoms with Gasteiger partial charge >= 0.3 is 0 Å². The van der Waals surface area contributed by atoms with Gasteiger partial charge in [0, 0.05) is 44.3 Å². The van der Waals surface area contributed by atoms with Gasteiger partial charge in [-0.15, -0.1) is 0 Å². The van der Waals surface area contributed by atoms with Crippen LogP contribution < -0.4 is 4.74 Å². The van der Waals surface area contributed by atoms with Crippen molar-refractivity contribution >= 4 is 23.4 Å². The van der Waals surface area contributed by atoms with Crippen molar-refractivity contribution in [1.29, 1.82) is 0 Å². The van der Waals surface area contributed by atoms with E-state index in [0.29, 0.717) is 42.5 Å². The molecule has 0 bridgehead atoms. The van der Waals surface area contributed by atoms with Gasteiger partial charge < -0.3 is 14.5 Å². The average molecular weight is 442 g/mol. The van der Waals surface area contributed by atoms with Crippen LogP contribution in [0.25, 0.3) is 0 Å². The third kappa shape index (κ3) is 4.86. The molecule has 0 spiro atoms. The van der Waals surface area contributed by atoms with E-state index in [2.05, 4.69) is 17.0 Å². The molecule has 0 radical (unpaired) electrons. The molecule has 2 amide bonds. The lowest BCUT2D eigenvalue weighted by Gasteiger charge is -2.27. The van der Waals surface area contributed by atoms with Crippen LogP contribution in [0.4, 0.5) is 0 Å². The second-order valence-electron chi connectivity index (χ2n) is 8.08. The van der Waals surface area contributed by atoms with Gasteiger partial charge in [0.1, 0.15) is 5.75 Å². The predicted octanol–water partition coefficient (Wildman–Crippen LogP) is 3.30. The maximum absolute atomic E-state index is 13.1. The molecule has 0 N–H and O–H groups in total. The van der Waals surface area contributed by atoms with E-state index in [-0.39, 0.29) is 17.9 Å². The van der Waals surface area contributed by atoms with Crippen molar-refractivity contribution in [2.75, 3.05) is 39.8 Å². The topological polar surface area (TPSA) is 53.1 Å². The molecule has 4 rings (SSSR count). The van der Waals surface area contributed by atoms with E-state index in [1.807, 2.05) is 28.0 Å². The number of ether oxygens (including phenoxy) is 1. The van der Waals surface area contributed by atoms with E-state index in [1.165, 1.54) is 0 Å². The Morgan fingerprint density at radius 2 is 1.87 bits per heavy atom. The Kier molecular flexibility index (Phi) is 6.78.